The second kappa shape index (κ2) is 6.20. The predicted octanol–water partition coefficient (Wildman–Crippen LogP) is 0.0997. The summed E-state index contributed by atoms with van der Waals surface area (Å²) in [5, 5.41) is 11.1. The van der Waals surface area contributed by atoms with Gasteiger partial charge in [0.05, 0.1) is 11.1 Å². The quantitative estimate of drug-likeness (QED) is 0.840. The number of hydrogen-bond acceptors (Lipinski definition) is 4. The Morgan fingerprint density at radius 2 is 2.09 bits per heavy atom. The SMILES string of the molecule is Cc1nn(CC(=O)NC2CCC(=O)NC2)c(=O)c2ccccc12. The lowest BCUT2D eigenvalue weighted by Crippen LogP contribution is -2.49. The highest BCUT2D eigenvalue weighted by Gasteiger charge is 2.20. The number of rotatable bonds is 3. The van der Waals surface area contributed by atoms with Gasteiger partial charge in [0.1, 0.15) is 6.54 Å². The fourth-order valence-electron chi connectivity index (χ4n) is 2.78. The van der Waals surface area contributed by atoms with Crippen molar-refractivity contribution in [1.29, 1.82) is 0 Å². The van der Waals surface area contributed by atoms with Crippen LogP contribution in [0.2, 0.25) is 0 Å². The molecule has 1 aliphatic heterocycles. The molecule has 1 atom stereocenters. The lowest BCUT2D eigenvalue weighted by Gasteiger charge is -2.23. The zero-order valence-electron chi connectivity index (χ0n) is 12.8. The molecular weight excluding hydrogens is 296 g/mol. The number of piperidine rings is 1. The molecule has 2 aromatic rings. The van der Waals surface area contributed by atoms with Gasteiger partial charge in [-0.2, -0.15) is 5.10 Å². The molecule has 7 heteroatoms. The lowest BCUT2D eigenvalue weighted by molar-refractivity contribution is -0.126. The molecular formula is C16H18N4O3. The molecule has 0 spiro atoms. The standard InChI is InChI=1S/C16H18N4O3/c1-10-12-4-2-3-5-13(12)16(23)20(19-10)9-15(22)18-11-6-7-14(21)17-8-11/h2-5,11H,6-9H2,1H3,(H,17,21)(H,18,22). The topological polar surface area (TPSA) is 93.1 Å². The third-order valence-electron chi connectivity index (χ3n) is 3.98. The molecule has 0 bridgehead atoms. The Hall–Kier alpha value is -2.70. The number of fused-ring (bicyclic) bond motifs is 1. The van der Waals surface area contributed by atoms with Crippen molar-refractivity contribution < 1.29 is 9.59 Å². The summed E-state index contributed by atoms with van der Waals surface area (Å²) in [5.41, 5.74) is 0.427. The van der Waals surface area contributed by atoms with E-state index in [0.717, 1.165) is 5.39 Å². The van der Waals surface area contributed by atoms with E-state index in [1.54, 1.807) is 12.1 Å². The molecule has 1 aliphatic rings. The zero-order chi connectivity index (χ0) is 16.4. The van der Waals surface area contributed by atoms with E-state index in [1.165, 1.54) is 4.68 Å². The monoisotopic (exact) mass is 314 g/mol. The van der Waals surface area contributed by atoms with Crippen LogP contribution in [-0.4, -0.2) is 34.2 Å². The Labute approximate surface area is 132 Å². The first-order valence-corrected chi connectivity index (χ1v) is 7.57. The highest BCUT2D eigenvalue weighted by molar-refractivity contribution is 5.84. The van der Waals surface area contributed by atoms with Gasteiger partial charge in [-0.15, -0.1) is 0 Å². The number of carbonyl (C=O) groups excluding carboxylic acids is 2. The summed E-state index contributed by atoms with van der Waals surface area (Å²) >= 11 is 0. The molecule has 1 aromatic carbocycles. The first-order valence-electron chi connectivity index (χ1n) is 7.57. The van der Waals surface area contributed by atoms with Crippen LogP contribution in [0.3, 0.4) is 0 Å². The maximum Gasteiger partial charge on any atom is 0.275 e. The van der Waals surface area contributed by atoms with Gasteiger partial charge in [-0.1, -0.05) is 18.2 Å². The molecule has 3 rings (SSSR count). The summed E-state index contributed by atoms with van der Waals surface area (Å²) in [6, 6.07) is 7.12. The molecule has 1 saturated heterocycles. The largest absolute Gasteiger partial charge is 0.354 e. The summed E-state index contributed by atoms with van der Waals surface area (Å²) in [6.07, 6.45) is 1.01. The molecule has 0 saturated carbocycles. The number of carbonyl (C=O) groups is 2. The van der Waals surface area contributed by atoms with Crippen LogP contribution in [0.5, 0.6) is 0 Å². The van der Waals surface area contributed by atoms with Gasteiger partial charge in [-0.3, -0.25) is 14.4 Å². The minimum absolute atomic E-state index is 0.00135. The number of benzene rings is 1. The molecule has 1 unspecified atom stereocenters. The third-order valence-corrected chi connectivity index (χ3v) is 3.98. The van der Waals surface area contributed by atoms with Gasteiger partial charge in [-0.05, 0) is 19.4 Å². The Bertz CT molecular complexity index is 818. The van der Waals surface area contributed by atoms with Crippen LogP contribution in [-0.2, 0) is 16.1 Å². The van der Waals surface area contributed by atoms with Crippen molar-refractivity contribution >= 4 is 22.6 Å². The number of aromatic nitrogens is 2. The van der Waals surface area contributed by atoms with E-state index in [1.807, 2.05) is 19.1 Å². The molecule has 2 N–H and O–H groups in total. The van der Waals surface area contributed by atoms with E-state index in [9.17, 15) is 14.4 Å². The minimum atomic E-state index is -0.282. The van der Waals surface area contributed by atoms with Gasteiger partial charge in [0, 0.05) is 24.4 Å². The number of hydrogen-bond donors (Lipinski definition) is 2. The van der Waals surface area contributed by atoms with Crippen molar-refractivity contribution in [3.8, 4) is 0 Å². The fourth-order valence-corrected chi connectivity index (χ4v) is 2.78. The summed E-state index contributed by atoms with van der Waals surface area (Å²) in [7, 11) is 0. The van der Waals surface area contributed by atoms with Crippen LogP contribution in [0.4, 0.5) is 0 Å². The predicted molar refractivity (Wildman–Crippen MR) is 84.9 cm³/mol. The molecule has 2 amide bonds. The molecule has 120 valence electrons. The Morgan fingerprint density at radius 3 is 2.78 bits per heavy atom. The average Bonchev–Trinajstić information content (AvgIpc) is 2.54. The van der Waals surface area contributed by atoms with Crippen LogP contribution in [0.1, 0.15) is 18.5 Å². The fraction of sp³-hybridized carbons (Fsp3) is 0.375. The number of nitrogens with zero attached hydrogens (tertiary/aromatic N) is 2. The van der Waals surface area contributed by atoms with Crippen LogP contribution in [0.25, 0.3) is 10.8 Å². The van der Waals surface area contributed by atoms with Crippen LogP contribution in [0.15, 0.2) is 29.1 Å². The average molecular weight is 314 g/mol. The van der Waals surface area contributed by atoms with Crippen molar-refractivity contribution in [3.05, 3.63) is 40.3 Å². The Morgan fingerprint density at radius 1 is 1.35 bits per heavy atom. The second-order valence-electron chi connectivity index (χ2n) is 5.70. The van der Waals surface area contributed by atoms with Gasteiger partial charge < -0.3 is 10.6 Å². The summed E-state index contributed by atoms with van der Waals surface area (Å²) in [4.78, 5) is 35.7. The normalized spacial score (nSPS) is 17.8. The molecule has 23 heavy (non-hydrogen) atoms. The van der Waals surface area contributed by atoms with E-state index >= 15 is 0 Å². The highest BCUT2D eigenvalue weighted by Crippen LogP contribution is 2.11. The maximum absolute atomic E-state index is 12.4. The lowest BCUT2D eigenvalue weighted by atomic mass is 10.1. The van der Waals surface area contributed by atoms with Gasteiger partial charge in [0.2, 0.25) is 11.8 Å². The smallest absolute Gasteiger partial charge is 0.275 e. The number of amides is 2. The molecule has 2 heterocycles. The van der Waals surface area contributed by atoms with Crippen LogP contribution >= 0.6 is 0 Å². The van der Waals surface area contributed by atoms with Crippen molar-refractivity contribution in [2.75, 3.05) is 6.54 Å². The highest BCUT2D eigenvalue weighted by atomic mass is 16.2. The molecule has 0 aliphatic carbocycles. The number of aryl methyl sites for hydroxylation is 1. The van der Waals surface area contributed by atoms with Crippen molar-refractivity contribution in [2.45, 2.75) is 32.4 Å². The van der Waals surface area contributed by atoms with Gasteiger partial charge >= 0.3 is 0 Å². The van der Waals surface area contributed by atoms with Gasteiger partial charge in [0.25, 0.3) is 5.56 Å². The third kappa shape index (κ3) is 3.23. The summed E-state index contributed by atoms with van der Waals surface area (Å²) in [6.45, 7) is 2.10. The first kappa shape index (κ1) is 15.2. The first-order chi connectivity index (χ1) is 11.0. The second-order valence-corrected chi connectivity index (χ2v) is 5.70. The van der Waals surface area contributed by atoms with Gasteiger partial charge in [-0.25, -0.2) is 4.68 Å². The minimum Gasteiger partial charge on any atom is -0.354 e. The summed E-state index contributed by atoms with van der Waals surface area (Å²) < 4.78 is 1.19. The molecule has 1 fully saturated rings. The van der Waals surface area contributed by atoms with Crippen LogP contribution in [0, 0.1) is 6.92 Å². The molecule has 1 aromatic heterocycles. The van der Waals surface area contributed by atoms with Crippen molar-refractivity contribution in [2.24, 2.45) is 0 Å². The van der Waals surface area contributed by atoms with E-state index in [4.69, 9.17) is 0 Å². The van der Waals surface area contributed by atoms with E-state index in [-0.39, 0.29) is 30.0 Å². The Balaban J connectivity index is 1.76. The zero-order valence-corrected chi connectivity index (χ0v) is 12.8. The van der Waals surface area contributed by atoms with E-state index in [2.05, 4.69) is 15.7 Å². The van der Waals surface area contributed by atoms with Crippen molar-refractivity contribution in [1.82, 2.24) is 20.4 Å². The van der Waals surface area contributed by atoms with E-state index < -0.39 is 0 Å². The summed E-state index contributed by atoms with van der Waals surface area (Å²) in [5.74, 6) is -0.283. The van der Waals surface area contributed by atoms with Gasteiger partial charge in [0.15, 0.2) is 0 Å². The molecule has 0 radical (unpaired) electrons. The van der Waals surface area contributed by atoms with E-state index in [0.29, 0.717) is 30.5 Å². The Kier molecular flexibility index (Phi) is 4.10. The maximum atomic E-state index is 12.4. The van der Waals surface area contributed by atoms with Crippen molar-refractivity contribution in [3.63, 3.8) is 0 Å². The number of nitrogens with one attached hydrogen (secondary N) is 2. The molecule has 7 nitrogen and oxygen atoms in total. The van der Waals surface area contributed by atoms with Crippen LogP contribution < -0.4 is 16.2 Å².